The number of ether oxygens (including phenoxy) is 1. The number of phenolic OH excluding ortho intramolecular Hbond substituents is 1. The van der Waals surface area contributed by atoms with Crippen LogP contribution < -0.4 is 4.74 Å². The number of Topliss-reactive ketones (excluding diaryl/α,β-unsaturated/α-hetero) is 1. The van der Waals surface area contributed by atoms with E-state index in [2.05, 4.69) is 0 Å². The van der Waals surface area contributed by atoms with E-state index in [4.69, 9.17) is 4.74 Å². The van der Waals surface area contributed by atoms with Gasteiger partial charge in [0.25, 0.3) is 0 Å². The van der Waals surface area contributed by atoms with Crippen molar-refractivity contribution in [2.45, 2.75) is 13.8 Å². The van der Waals surface area contributed by atoms with Gasteiger partial charge < -0.3 is 9.84 Å². The van der Waals surface area contributed by atoms with Crippen LogP contribution in [0, 0.1) is 6.92 Å². The van der Waals surface area contributed by atoms with Crippen LogP contribution in [0.3, 0.4) is 0 Å². The van der Waals surface area contributed by atoms with E-state index in [0.29, 0.717) is 17.9 Å². The van der Waals surface area contributed by atoms with Gasteiger partial charge in [0, 0.05) is 23.1 Å². The van der Waals surface area contributed by atoms with Crippen molar-refractivity contribution in [1.82, 2.24) is 0 Å². The molecule has 0 aromatic heterocycles. The number of aromatic hydroxyl groups is 1. The number of phenols is 1. The third-order valence-electron chi connectivity index (χ3n) is 2.21. The van der Waals surface area contributed by atoms with Crippen molar-refractivity contribution in [3.05, 3.63) is 23.3 Å². The molecule has 0 saturated carbocycles. The summed E-state index contributed by atoms with van der Waals surface area (Å²) in [5, 5.41) is 9.78. The fourth-order valence-electron chi connectivity index (χ4n) is 1.61. The molecule has 0 fully saturated rings. The monoisotopic (exact) mass is 256 g/mol. The van der Waals surface area contributed by atoms with E-state index >= 15 is 0 Å². The van der Waals surface area contributed by atoms with Crippen LogP contribution >= 0.6 is 0 Å². The molecule has 0 radical (unpaired) electrons. The van der Waals surface area contributed by atoms with Crippen molar-refractivity contribution in [2.75, 3.05) is 18.6 Å². The van der Waals surface area contributed by atoms with Crippen molar-refractivity contribution in [1.29, 1.82) is 0 Å². The van der Waals surface area contributed by atoms with Crippen LogP contribution in [0.5, 0.6) is 11.5 Å². The molecule has 1 rings (SSSR count). The van der Waals surface area contributed by atoms with Crippen LogP contribution in [0.25, 0.3) is 0 Å². The average Bonchev–Trinajstić information content (AvgIpc) is 2.15. The number of benzene rings is 1. The standard InChI is InChI=1S/C12H16O4S/c1-4-16-9-5-8(2)12(10(13)6-9)11(14)7-17(3)15/h5-6,13H,4,7H2,1-3H3. The molecule has 0 spiro atoms. The van der Waals surface area contributed by atoms with Gasteiger partial charge in [-0.05, 0) is 25.5 Å². The summed E-state index contributed by atoms with van der Waals surface area (Å²) < 4.78 is 16.3. The number of hydrogen-bond acceptors (Lipinski definition) is 4. The average molecular weight is 256 g/mol. The molecule has 5 heteroatoms. The molecule has 0 aliphatic rings. The lowest BCUT2D eigenvalue weighted by Gasteiger charge is -2.10. The Labute approximate surface area is 103 Å². The zero-order chi connectivity index (χ0) is 13.0. The molecule has 17 heavy (non-hydrogen) atoms. The Balaban J connectivity index is 3.09. The minimum Gasteiger partial charge on any atom is -0.507 e. The maximum Gasteiger partial charge on any atom is 0.179 e. The first-order chi connectivity index (χ1) is 7.95. The van der Waals surface area contributed by atoms with Gasteiger partial charge in [-0.25, -0.2) is 0 Å². The summed E-state index contributed by atoms with van der Waals surface area (Å²) in [6.45, 7) is 4.05. The topological polar surface area (TPSA) is 63.6 Å². The van der Waals surface area contributed by atoms with Gasteiger partial charge >= 0.3 is 0 Å². The van der Waals surface area contributed by atoms with Crippen molar-refractivity contribution in [2.24, 2.45) is 0 Å². The van der Waals surface area contributed by atoms with Gasteiger partial charge in [-0.1, -0.05) is 0 Å². The largest absolute Gasteiger partial charge is 0.507 e. The van der Waals surface area contributed by atoms with Gasteiger partial charge in [0.2, 0.25) is 0 Å². The Morgan fingerprint density at radius 3 is 2.59 bits per heavy atom. The Bertz CT molecular complexity index is 431. The predicted molar refractivity (Wildman–Crippen MR) is 67.3 cm³/mol. The first kappa shape index (κ1) is 13.7. The zero-order valence-electron chi connectivity index (χ0n) is 10.1. The molecule has 0 aliphatic heterocycles. The Morgan fingerprint density at radius 1 is 1.47 bits per heavy atom. The van der Waals surface area contributed by atoms with E-state index in [1.807, 2.05) is 6.92 Å². The molecule has 1 unspecified atom stereocenters. The Morgan fingerprint density at radius 2 is 2.12 bits per heavy atom. The van der Waals surface area contributed by atoms with Crippen LogP contribution in [-0.2, 0) is 10.8 Å². The van der Waals surface area contributed by atoms with Crippen LogP contribution in [-0.4, -0.2) is 33.7 Å². The molecule has 1 N–H and O–H groups in total. The lowest BCUT2D eigenvalue weighted by molar-refractivity contribution is 0.101. The lowest BCUT2D eigenvalue weighted by atomic mass is 10.0. The second-order valence-electron chi connectivity index (χ2n) is 3.71. The van der Waals surface area contributed by atoms with Crippen LogP contribution in [0.4, 0.5) is 0 Å². The molecule has 4 nitrogen and oxygen atoms in total. The van der Waals surface area contributed by atoms with Crippen LogP contribution in [0.2, 0.25) is 0 Å². The van der Waals surface area contributed by atoms with Gasteiger partial charge in [-0.15, -0.1) is 0 Å². The number of carbonyl (C=O) groups is 1. The summed E-state index contributed by atoms with van der Waals surface area (Å²) in [6, 6.07) is 3.09. The summed E-state index contributed by atoms with van der Waals surface area (Å²) in [5.41, 5.74) is 0.854. The predicted octanol–water partition coefficient (Wildman–Crippen LogP) is 1.66. The first-order valence-corrected chi connectivity index (χ1v) is 6.98. The number of hydrogen-bond donors (Lipinski definition) is 1. The van der Waals surface area contributed by atoms with E-state index in [1.54, 1.807) is 13.0 Å². The molecule has 1 atom stereocenters. The molecular weight excluding hydrogens is 240 g/mol. The molecular formula is C12H16O4S. The molecule has 1 aromatic carbocycles. The number of ketones is 1. The zero-order valence-corrected chi connectivity index (χ0v) is 11.0. The first-order valence-electron chi connectivity index (χ1n) is 5.25. The maximum atomic E-state index is 11.8. The van der Waals surface area contributed by atoms with Crippen molar-refractivity contribution < 1.29 is 18.8 Å². The minimum atomic E-state index is -1.21. The SMILES string of the molecule is CCOc1cc(C)c(C(=O)CS(C)=O)c(O)c1. The second kappa shape index (κ2) is 5.82. The highest BCUT2D eigenvalue weighted by molar-refractivity contribution is 7.85. The van der Waals surface area contributed by atoms with Gasteiger partial charge in [0.15, 0.2) is 5.78 Å². The van der Waals surface area contributed by atoms with Crippen LogP contribution in [0.15, 0.2) is 12.1 Å². The lowest BCUT2D eigenvalue weighted by Crippen LogP contribution is -2.11. The summed E-state index contributed by atoms with van der Waals surface area (Å²) in [5.74, 6) is 0.00649. The molecule has 0 aliphatic carbocycles. The molecule has 0 amide bonds. The van der Waals surface area contributed by atoms with Crippen LogP contribution in [0.1, 0.15) is 22.8 Å². The number of carbonyl (C=O) groups excluding carboxylic acids is 1. The Kier molecular flexibility index (Phi) is 4.69. The van der Waals surface area contributed by atoms with E-state index < -0.39 is 10.8 Å². The van der Waals surface area contributed by atoms with Crippen molar-refractivity contribution in [3.63, 3.8) is 0 Å². The second-order valence-corrected chi connectivity index (χ2v) is 5.14. The summed E-state index contributed by atoms with van der Waals surface area (Å²) in [6.07, 6.45) is 1.46. The molecule has 0 bridgehead atoms. The highest BCUT2D eigenvalue weighted by Gasteiger charge is 2.16. The quantitative estimate of drug-likeness (QED) is 0.814. The third kappa shape index (κ3) is 3.56. The maximum absolute atomic E-state index is 11.8. The number of aryl methyl sites for hydroxylation is 1. The van der Waals surface area contributed by atoms with E-state index in [-0.39, 0.29) is 22.8 Å². The van der Waals surface area contributed by atoms with Gasteiger partial charge in [0.05, 0.1) is 17.9 Å². The van der Waals surface area contributed by atoms with Crippen molar-refractivity contribution >= 4 is 16.6 Å². The molecule has 1 aromatic rings. The van der Waals surface area contributed by atoms with Gasteiger partial charge in [-0.3, -0.25) is 9.00 Å². The van der Waals surface area contributed by atoms with Gasteiger partial charge in [0.1, 0.15) is 11.5 Å². The minimum absolute atomic E-state index is 0.0810. The Hall–Kier alpha value is -1.36. The highest BCUT2D eigenvalue weighted by Crippen LogP contribution is 2.28. The van der Waals surface area contributed by atoms with Crippen molar-refractivity contribution in [3.8, 4) is 11.5 Å². The van der Waals surface area contributed by atoms with E-state index in [9.17, 15) is 14.1 Å². The van der Waals surface area contributed by atoms with Gasteiger partial charge in [-0.2, -0.15) is 0 Å². The summed E-state index contributed by atoms with van der Waals surface area (Å²) in [4.78, 5) is 11.8. The summed E-state index contributed by atoms with van der Waals surface area (Å²) in [7, 11) is -1.21. The third-order valence-corrected chi connectivity index (χ3v) is 2.88. The fraction of sp³-hybridized carbons (Fsp3) is 0.417. The fourth-order valence-corrected chi connectivity index (χ4v) is 2.12. The molecule has 94 valence electrons. The molecule has 0 heterocycles. The smallest absolute Gasteiger partial charge is 0.179 e. The van der Waals surface area contributed by atoms with E-state index in [1.165, 1.54) is 12.3 Å². The van der Waals surface area contributed by atoms with E-state index in [0.717, 1.165) is 0 Å². The highest BCUT2D eigenvalue weighted by atomic mass is 32.2. The normalized spacial score (nSPS) is 12.2. The molecule has 0 saturated heterocycles. The number of rotatable bonds is 5. The summed E-state index contributed by atoms with van der Waals surface area (Å²) >= 11 is 0.